The molecule has 1 aromatic heterocycles. The Morgan fingerprint density at radius 2 is 1.66 bits per heavy atom. The lowest BCUT2D eigenvalue weighted by Crippen LogP contribution is -2.44. The number of benzene rings is 1. The molecule has 10 nitrogen and oxygen atoms in total. The fourth-order valence-corrected chi connectivity index (χ4v) is 3.57. The fourth-order valence-electron chi connectivity index (χ4n) is 3.57. The topological polar surface area (TPSA) is 109 Å². The van der Waals surface area contributed by atoms with E-state index in [1.807, 2.05) is 0 Å². The highest BCUT2D eigenvalue weighted by molar-refractivity contribution is 5.87. The Morgan fingerprint density at radius 1 is 1.03 bits per heavy atom. The molecule has 2 heterocycles. The number of ether oxygens (including phenoxy) is 5. The van der Waals surface area contributed by atoms with Gasteiger partial charge in [0.15, 0.2) is 11.5 Å². The lowest BCUT2D eigenvalue weighted by Gasteiger charge is -2.27. The van der Waals surface area contributed by atoms with E-state index in [4.69, 9.17) is 23.7 Å². The number of amides is 1. The molecular weight excluding hydrogens is 475 g/mol. The predicted octanol–water partition coefficient (Wildman–Crippen LogP) is 3.60. The van der Waals surface area contributed by atoms with E-state index in [2.05, 4.69) is 9.97 Å². The molecule has 1 aliphatic rings. The summed E-state index contributed by atoms with van der Waals surface area (Å²) in [6, 6.07) is 1.61. The first-order valence-corrected chi connectivity index (χ1v) is 10.5. The molecular formula is C22H26F3N3O7. The van der Waals surface area contributed by atoms with E-state index in [0.717, 1.165) is 12.0 Å². The zero-order valence-corrected chi connectivity index (χ0v) is 20.1. The third kappa shape index (κ3) is 5.77. The number of likely N-dealkylation sites (tertiary alicyclic amines) is 1. The molecule has 1 fully saturated rings. The van der Waals surface area contributed by atoms with Crippen molar-refractivity contribution in [2.75, 3.05) is 27.9 Å². The van der Waals surface area contributed by atoms with Crippen molar-refractivity contribution in [2.24, 2.45) is 0 Å². The number of nitrogens with zero attached hydrogens (tertiary/aromatic N) is 3. The summed E-state index contributed by atoms with van der Waals surface area (Å²) in [6.07, 6.45) is -6.58. The van der Waals surface area contributed by atoms with Gasteiger partial charge in [0.25, 0.3) is 0 Å². The van der Waals surface area contributed by atoms with Gasteiger partial charge in [-0.25, -0.2) is 14.6 Å². The van der Waals surface area contributed by atoms with E-state index in [9.17, 15) is 22.8 Å². The van der Waals surface area contributed by atoms with Crippen LogP contribution >= 0.6 is 0 Å². The Hall–Kier alpha value is -3.51. The van der Waals surface area contributed by atoms with Crippen LogP contribution in [-0.2, 0) is 20.4 Å². The summed E-state index contributed by atoms with van der Waals surface area (Å²) in [5.41, 5.74) is -0.928. The third-order valence-corrected chi connectivity index (χ3v) is 5.06. The van der Waals surface area contributed by atoms with Crippen LogP contribution in [-0.4, -0.2) is 72.6 Å². The maximum Gasteiger partial charge on any atom is 0.451 e. The molecule has 0 radical (unpaired) electrons. The number of fused-ring (bicyclic) bond motifs is 1. The number of halogens is 3. The van der Waals surface area contributed by atoms with Crippen LogP contribution < -0.4 is 14.2 Å². The van der Waals surface area contributed by atoms with Crippen molar-refractivity contribution >= 4 is 23.0 Å². The highest BCUT2D eigenvalue weighted by Crippen LogP contribution is 2.38. The number of methoxy groups -OCH3 is 3. The van der Waals surface area contributed by atoms with E-state index in [0.29, 0.717) is 0 Å². The molecule has 3 rings (SSSR count). The molecule has 192 valence electrons. The van der Waals surface area contributed by atoms with Crippen molar-refractivity contribution in [3.63, 3.8) is 0 Å². The van der Waals surface area contributed by atoms with E-state index in [1.165, 1.54) is 26.4 Å². The first kappa shape index (κ1) is 26.1. The molecule has 1 saturated heterocycles. The van der Waals surface area contributed by atoms with E-state index >= 15 is 0 Å². The second kappa shape index (κ2) is 9.62. The predicted molar refractivity (Wildman–Crippen MR) is 115 cm³/mol. The molecule has 1 aliphatic heterocycles. The molecule has 0 bridgehead atoms. The van der Waals surface area contributed by atoms with E-state index < -0.39 is 41.8 Å². The highest BCUT2D eigenvalue weighted by atomic mass is 19.4. The molecule has 1 amide bonds. The maximum atomic E-state index is 13.5. The average Bonchev–Trinajstić information content (AvgIpc) is 3.19. The summed E-state index contributed by atoms with van der Waals surface area (Å²) >= 11 is 0. The molecule has 0 N–H and O–H groups in total. The van der Waals surface area contributed by atoms with Crippen LogP contribution in [0.4, 0.5) is 18.0 Å². The quantitative estimate of drug-likeness (QED) is 0.568. The van der Waals surface area contributed by atoms with Gasteiger partial charge >= 0.3 is 18.2 Å². The van der Waals surface area contributed by atoms with Gasteiger partial charge in [0.05, 0.1) is 38.8 Å². The fraction of sp³-hybridized carbons (Fsp3) is 0.545. The standard InChI is InChI=1S/C22H26F3N3O7/c1-21(2,3)35-20(30)28-10-11(7-14(28)18(29)33-6)34-17-12-8-15(31-4)16(32-5)9-13(12)26-19(27-17)22(23,24)25/h8-9,11,14H,7,10H2,1-6H3/t11-,14+/m1/s1. The van der Waals surface area contributed by atoms with Gasteiger partial charge in [0.2, 0.25) is 11.7 Å². The zero-order chi connectivity index (χ0) is 26.1. The second-order valence-corrected chi connectivity index (χ2v) is 8.72. The summed E-state index contributed by atoms with van der Waals surface area (Å²) in [4.78, 5) is 33.3. The first-order valence-electron chi connectivity index (χ1n) is 10.5. The normalized spacial score (nSPS) is 18.4. The minimum atomic E-state index is -4.85. The van der Waals surface area contributed by atoms with Crippen molar-refractivity contribution in [3.05, 3.63) is 18.0 Å². The number of aromatic nitrogens is 2. The number of alkyl halides is 3. The molecule has 0 spiro atoms. The lowest BCUT2D eigenvalue weighted by atomic mass is 10.2. The Morgan fingerprint density at radius 3 is 2.20 bits per heavy atom. The molecule has 13 heteroatoms. The summed E-state index contributed by atoms with van der Waals surface area (Å²) in [5, 5.41) is 0.126. The van der Waals surface area contributed by atoms with Crippen LogP contribution in [0.2, 0.25) is 0 Å². The van der Waals surface area contributed by atoms with Crippen molar-refractivity contribution in [2.45, 2.75) is 51.1 Å². The smallest absolute Gasteiger partial charge is 0.451 e. The zero-order valence-electron chi connectivity index (χ0n) is 20.1. The van der Waals surface area contributed by atoms with Crippen LogP contribution in [0.3, 0.4) is 0 Å². The molecule has 35 heavy (non-hydrogen) atoms. The third-order valence-electron chi connectivity index (χ3n) is 5.06. The number of hydrogen-bond acceptors (Lipinski definition) is 9. The van der Waals surface area contributed by atoms with Crippen molar-refractivity contribution in [3.8, 4) is 17.4 Å². The Labute approximate surface area is 199 Å². The van der Waals surface area contributed by atoms with Gasteiger partial charge < -0.3 is 23.7 Å². The van der Waals surface area contributed by atoms with Gasteiger partial charge in [0, 0.05) is 12.5 Å². The Balaban J connectivity index is 2.02. The molecule has 0 aliphatic carbocycles. The van der Waals surface area contributed by atoms with E-state index in [-0.39, 0.29) is 41.2 Å². The first-order chi connectivity index (χ1) is 16.3. The van der Waals surface area contributed by atoms with Gasteiger partial charge in [-0.3, -0.25) is 4.90 Å². The van der Waals surface area contributed by atoms with E-state index in [1.54, 1.807) is 20.8 Å². The Kier molecular flexibility index (Phi) is 7.18. The minimum absolute atomic E-state index is 0.0496. The van der Waals surface area contributed by atoms with Crippen LogP contribution in [0, 0.1) is 0 Å². The van der Waals surface area contributed by atoms with Gasteiger partial charge in [-0.05, 0) is 26.8 Å². The second-order valence-electron chi connectivity index (χ2n) is 8.72. The van der Waals surface area contributed by atoms with Crippen LogP contribution in [0.15, 0.2) is 12.1 Å². The summed E-state index contributed by atoms with van der Waals surface area (Å²) in [7, 11) is 3.87. The number of esters is 1. The monoisotopic (exact) mass is 501 g/mol. The summed E-state index contributed by atoms with van der Waals surface area (Å²) in [5.74, 6) is -2.12. The highest BCUT2D eigenvalue weighted by Gasteiger charge is 2.44. The van der Waals surface area contributed by atoms with Crippen LogP contribution in [0.1, 0.15) is 33.0 Å². The van der Waals surface area contributed by atoms with Gasteiger partial charge in [-0.2, -0.15) is 18.2 Å². The average molecular weight is 501 g/mol. The molecule has 2 atom stereocenters. The van der Waals surface area contributed by atoms with Gasteiger partial charge in [0.1, 0.15) is 17.7 Å². The Bertz CT molecular complexity index is 1120. The number of carbonyl (C=O) groups is 2. The number of hydrogen-bond donors (Lipinski definition) is 0. The SMILES string of the molecule is COC(=O)[C@@H]1C[C@@H](Oc2nc(C(F)(F)F)nc3cc(OC)c(OC)cc23)CN1C(=O)OC(C)(C)C. The lowest BCUT2D eigenvalue weighted by molar-refractivity contribution is -0.146. The molecule has 2 aromatic rings. The van der Waals surface area contributed by atoms with Crippen molar-refractivity contribution in [1.29, 1.82) is 0 Å². The number of rotatable bonds is 5. The largest absolute Gasteiger partial charge is 0.493 e. The molecule has 1 aromatic carbocycles. The van der Waals surface area contributed by atoms with Crippen LogP contribution in [0.25, 0.3) is 10.9 Å². The van der Waals surface area contributed by atoms with Crippen molar-refractivity contribution in [1.82, 2.24) is 14.9 Å². The van der Waals surface area contributed by atoms with Crippen molar-refractivity contribution < 1.29 is 46.4 Å². The minimum Gasteiger partial charge on any atom is -0.493 e. The maximum absolute atomic E-state index is 13.5. The van der Waals surface area contributed by atoms with Gasteiger partial charge in [-0.15, -0.1) is 0 Å². The summed E-state index contributed by atoms with van der Waals surface area (Å²) in [6.45, 7) is 4.84. The number of carbonyl (C=O) groups excluding carboxylic acids is 2. The molecule has 0 saturated carbocycles. The van der Waals surface area contributed by atoms with Crippen LogP contribution in [0.5, 0.6) is 17.4 Å². The van der Waals surface area contributed by atoms with Gasteiger partial charge in [-0.1, -0.05) is 0 Å². The summed E-state index contributed by atoms with van der Waals surface area (Å²) < 4.78 is 66.9. The molecule has 0 unspecified atom stereocenters.